The second kappa shape index (κ2) is 5.64. The molecule has 1 aromatic carbocycles. The molecule has 18 heavy (non-hydrogen) atoms. The number of benzene rings is 1. The number of anilines is 2. The Bertz CT molecular complexity index is 524. The SMILES string of the molecule is CNc1nc(NCCN(C)C)c2ccccc2n1. The molecule has 0 aliphatic heterocycles. The molecule has 5 heteroatoms. The fraction of sp³-hybridized carbons (Fsp3) is 0.385. The molecule has 0 amide bonds. The predicted molar refractivity (Wildman–Crippen MR) is 76.1 cm³/mol. The first-order chi connectivity index (χ1) is 8.70. The van der Waals surface area contributed by atoms with Crippen LogP contribution in [0.15, 0.2) is 24.3 Å². The highest BCUT2D eigenvalue weighted by Gasteiger charge is 2.05. The minimum atomic E-state index is 0.640. The van der Waals surface area contributed by atoms with Crippen molar-refractivity contribution in [2.45, 2.75) is 0 Å². The van der Waals surface area contributed by atoms with Gasteiger partial charge in [-0.3, -0.25) is 0 Å². The third kappa shape index (κ3) is 2.87. The molecule has 0 bridgehead atoms. The van der Waals surface area contributed by atoms with Crippen LogP contribution in [0.2, 0.25) is 0 Å². The van der Waals surface area contributed by atoms with Gasteiger partial charge in [0.25, 0.3) is 0 Å². The van der Waals surface area contributed by atoms with E-state index in [2.05, 4.69) is 39.6 Å². The third-order valence-corrected chi connectivity index (χ3v) is 2.68. The smallest absolute Gasteiger partial charge is 0.224 e. The van der Waals surface area contributed by atoms with Crippen molar-refractivity contribution in [2.24, 2.45) is 0 Å². The van der Waals surface area contributed by atoms with Gasteiger partial charge in [-0.2, -0.15) is 4.98 Å². The first-order valence-corrected chi connectivity index (χ1v) is 6.04. The molecule has 0 spiro atoms. The quantitative estimate of drug-likeness (QED) is 0.839. The lowest BCUT2D eigenvalue weighted by atomic mass is 10.2. The number of fused-ring (bicyclic) bond motifs is 1. The molecule has 1 heterocycles. The summed E-state index contributed by atoms with van der Waals surface area (Å²) >= 11 is 0. The molecule has 0 saturated heterocycles. The second-order valence-corrected chi connectivity index (χ2v) is 4.39. The van der Waals surface area contributed by atoms with E-state index in [-0.39, 0.29) is 0 Å². The molecule has 0 aliphatic carbocycles. The zero-order valence-corrected chi connectivity index (χ0v) is 11.1. The minimum absolute atomic E-state index is 0.640. The Hall–Kier alpha value is -1.88. The molecular weight excluding hydrogens is 226 g/mol. The van der Waals surface area contributed by atoms with E-state index >= 15 is 0 Å². The van der Waals surface area contributed by atoms with Crippen molar-refractivity contribution in [3.63, 3.8) is 0 Å². The van der Waals surface area contributed by atoms with E-state index < -0.39 is 0 Å². The second-order valence-electron chi connectivity index (χ2n) is 4.39. The lowest BCUT2D eigenvalue weighted by Crippen LogP contribution is -2.21. The number of likely N-dealkylation sites (N-methyl/N-ethyl adjacent to an activating group) is 1. The summed E-state index contributed by atoms with van der Waals surface area (Å²) in [5.74, 6) is 1.52. The van der Waals surface area contributed by atoms with Gasteiger partial charge in [0, 0.05) is 25.5 Å². The molecule has 0 saturated carbocycles. The Morgan fingerprint density at radius 2 is 1.94 bits per heavy atom. The molecule has 0 radical (unpaired) electrons. The Morgan fingerprint density at radius 1 is 1.17 bits per heavy atom. The number of para-hydroxylation sites is 1. The van der Waals surface area contributed by atoms with Crippen LogP contribution in [-0.4, -0.2) is 49.1 Å². The van der Waals surface area contributed by atoms with Gasteiger partial charge in [-0.05, 0) is 26.2 Å². The van der Waals surface area contributed by atoms with Crippen LogP contribution in [0.5, 0.6) is 0 Å². The van der Waals surface area contributed by atoms with Crippen LogP contribution in [0.4, 0.5) is 11.8 Å². The van der Waals surface area contributed by atoms with E-state index in [1.54, 1.807) is 0 Å². The zero-order valence-electron chi connectivity index (χ0n) is 11.1. The van der Waals surface area contributed by atoms with Crippen molar-refractivity contribution in [3.8, 4) is 0 Å². The fourth-order valence-electron chi connectivity index (χ4n) is 1.72. The summed E-state index contributed by atoms with van der Waals surface area (Å²) in [6.07, 6.45) is 0. The van der Waals surface area contributed by atoms with E-state index in [1.165, 1.54) is 0 Å². The summed E-state index contributed by atoms with van der Waals surface area (Å²) < 4.78 is 0. The van der Waals surface area contributed by atoms with Crippen LogP contribution >= 0.6 is 0 Å². The standard InChI is InChI=1S/C13H19N5/c1-14-13-16-11-7-5-4-6-10(11)12(17-13)15-8-9-18(2)3/h4-7H,8-9H2,1-3H3,(H2,14,15,16,17). The molecule has 0 aliphatic rings. The average molecular weight is 245 g/mol. The molecule has 2 N–H and O–H groups in total. The topological polar surface area (TPSA) is 53.1 Å². The van der Waals surface area contributed by atoms with Crippen molar-refractivity contribution < 1.29 is 0 Å². The molecule has 1 aromatic heterocycles. The van der Waals surface area contributed by atoms with Gasteiger partial charge in [0.1, 0.15) is 5.82 Å². The van der Waals surface area contributed by atoms with Gasteiger partial charge in [-0.15, -0.1) is 0 Å². The lowest BCUT2D eigenvalue weighted by molar-refractivity contribution is 0.425. The van der Waals surface area contributed by atoms with Gasteiger partial charge in [0.2, 0.25) is 5.95 Å². The number of hydrogen-bond donors (Lipinski definition) is 2. The maximum Gasteiger partial charge on any atom is 0.224 e. The molecule has 0 atom stereocenters. The number of nitrogens with zero attached hydrogens (tertiary/aromatic N) is 3. The maximum atomic E-state index is 4.46. The monoisotopic (exact) mass is 245 g/mol. The van der Waals surface area contributed by atoms with Crippen LogP contribution in [0.25, 0.3) is 10.9 Å². The molecule has 2 rings (SSSR count). The van der Waals surface area contributed by atoms with Crippen molar-refractivity contribution in [3.05, 3.63) is 24.3 Å². The number of rotatable bonds is 5. The van der Waals surface area contributed by atoms with Crippen molar-refractivity contribution >= 4 is 22.7 Å². The van der Waals surface area contributed by atoms with Crippen molar-refractivity contribution in [1.29, 1.82) is 0 Å². The van der Waals surface area contributed by atoms with Crippen LogP contribution in [0, 0.1) is 0 Å². The molecule has 0 unspecified atom stereocenters. The van der Waals surface area contributed by atoms with Crippen molar-refractivity contribution in [1.82, 2.24) is 14.9 Å². The van der Waals surface area contributed by atoms with Gasteiger partial charge >= 0.3 is 0 Å². The highest BCUT2D eigenvalue weighted by molar-refractivity contribution is 5.89. The minimum Gasteiger partial charge on any atom is -0.368 e. The van der Waals surface area contributed by atoms with Gasteiger partial charge in [-0.25, -0.2) is 4.98 Å². The van der Waals surface area contributed by atoms with Gasteiger partial charge in [-0.1, -0.05) is 12.1 Å². The Labute approximate surface area is 107 Å². The van der Waals surface area contributed by atoms with E-state index in [0.717, 1.165) is 29.8 Å². The van der Waals surface area contributed by atoms with Gasteiger partial charge in [0.05, 0.1) is 5.52 Å². The summed E-state index contributed by atoms with van der Waals surface area (Å²) in [5.41, 5.74) is 0.948. The highest BCUT2D eigenvalue weighted by Crippen LogP contribution is 2.21. The Balaban J connectivity index is 2.29. The van der Waals surface area contributed by atoms with Crippen LogP contribution in [0.3, 0.4) is 0 Å². The normalized spacial score (nSPS) is 10.9. The summed E-state index contributed by atoms with van der Waals surface area (Å²) in [6.45, 7) is 1.82. The van der Waals surface area contributed by atoms with Crippen molar-refractivity contribution in [2.75, 3.05) is 44.9 Å². The number of hydrogen-bond acceptors (Lipinski definition) is 5. The predicted octanol–water partition coefficient (Wildman–Crippen LogP) is 1.64. The molecule has 5 nitrogen and oxygen atoms in total. The average Bonchev–Trinajstić information content (AvgIpc) is 2.38. The molecule has 2 aromatic rings. The molecule has 96 valence electrons. The van der Waals surface area contributed by atoms with Crippen LogP contribution < -0.4 is 10.6 Å². The first-order valence-electron chi connectivity index (χ1n) is 6.04. The van der Waals surface area contributed by atoms with Gasteiger partial charge < -0.3 is 15.5 Å². The van der Waals surface area contributed by atoms with E-state index in [4.69, 9.17) is 0 Å². The van der Waals surface area contributed by atoms with E-state index in [9.17, 15) is 0 Å². The molecule has 0 fully saturated rings. The first kappa shape index (κ1) is 12.6. The fourth-order valence-corrected chi connectivity index (χ4v) is 1.72. The van der Waals surface area contributed by atoms with E-state index in [0.29, 0.717) is 5.95 Å². The largest absolute Gasteiger partial charge is 0.368 e. The number of nitrogens with one attached hydrogen (secondary N) is 2. The summed E-state index contributed by atoms with van der Waals surface area (Å²) in [7, 11) is 5.94. The lowest BCUT2D eigenvalue weighted by Gasteiger charge is -2.13. The summed E-state index contributed by atoms with van der Waals surface area (Å²) in [6, 6.07) is 8.02. The maximum absolute atomic E-state index is 4.46. The van der Waals surface area contributed by atoms with Crippen LogP contribution in [-0.2, 0) is 0 Å². The highest BCUT2D eigenvalue weighted by atomic mass is 15.1. The van der Waals surface area contributed by atoms with Gasteiger partial charge in [0.15, 0.2) is 0 Å². The Morgan fingerprint density at radius 3 is 2.67 bits per heavy atom. The summed E-state index contributed by atoms with van der Waals surface area (Å²) in [5, 5.41) is 7.40. The third-order valence-electron chi connectivity index (χ3n) is 2.68. The summed E-state index contributed by atoms with van der Waals surface area (Å²) in [4.78, 5) is 11.0. The Kier molecular flexibility index (Phi) is 3.94. The van der Waals surface area contributed by atoms with Crippen LogP contribution in [0.1, 0.15) is 0 Å². The molecular formula is C13H19N5. The number of aromatic nitrogens is 2. The zero-order chi connectivity index (χ0) is 13.0. The van der Waals surface area contributed by atoms with E-state index in [1.807, 2.05) is 31.3 Å².